The lowest BCUT2D eigenvalue weighted by Gasteiger charge is -2.13. The van der Waals surface area contributed by atoms with E-state index in [0.717, 1.165) is 0 Å². The number of alkyl halides is 3. The number of carbonyl (C=O) groups excluding carboxylic acids is 1. The number of carbonyl (C=O) groups is 1. The molecule has 1 heterocycles. The molecule has 0 radical (unpaired) electrons. The van der Waals surface area contributed by atoms with Crippen molar-refractivity contribution >= 4 is 17.3 Å². The summed E-state index contributed by atoms with van der Waals surface area (Å²) in [7, 11) is 0. The van der Waals surface area contributed by atoms with Crippen molar-refractivity contribution < 1.29 is 22.9 Å². The Morgan fingerprint density at radius 1 is 1.23 bits per heavy atom. The second-order valence-electron chi connectivity index (χ2n) is 5.59. The van der Waals surface area contributed by atoms with E-state index >= 15 is 0 Å². The fourth-order valence-corrected chi connectivity index (χ4v) is 2.27. The van der Waals surface area contributed by atoms with Crippen LogP contribution in [0.25, 0.3) is 0 Å². The number of nitro groups is 1. The van der Waals surface area contributed by atoms with E-state index in [1.54, 1.807) is 13.8 Å². The summed E-state index contributed by atoms with van der Waals surface area (Å²) in [4.78, 5) is 34.3. The van der Waals surface area contributed by atoms with Crippen molar-refractivity contribution in [2.75, 3.05) is 5.32 Å². The molecule has 0 aliphatic rings. The van der Waals surface area contributed by atoms with E-state index in [2.05, 4.69) is 5.32 Å². The van der Waals surface area contributed by atoms with Gasteiger partial charge in [0.15, 0.2) is 0 Å². The predicted octanol–water partition coefficient (Wildman–Crippen LogP) is 3.03. The van der Waals surface area contributed by atoms with Crippen LogP contribution in [0.3, 0.4) is 0 Å². The first-order valence-electron chi connectivity index (χ1n) is 7.33. The molecular formula is C16H14F3N3O4. The molecule has 26 heavy (non-hydrogen) atoms. The number of hydrogen-bond acceptors (Lipinski definition) is 4. The maximum atomic E-state index is 12.7. The van der Waals surface area contributed by atoms with Crippen LogP contribution in [0.15, 0.2) is 35.3 Å². The lowest BCUT2D eigenvalue weighted by Crippen LogP contribution is -2.28. The third-order valence-corrected chi connectivity index (χ3v) is 3.80. The van der Waals surface area contributed by atoms with Crippen molar-refractivity contribution in [3.63, 3.8) is 0 Å². The molecule has 1 N–H and O–H groups in total. The quantitative estimate of drug-likeness (QED) is 0.662. The van der Waals surface area contributed by atoms with Crippen LogP contribution in [0.2, 0.25) is 0 Å². The molecule has 0 saturated carbocycles. The number of pyridine rings is 1. The number of nitrogens with zero attached hydrogens (tertiary/aromatic N) is 2. The van der Waals surface area contributed by atoms with Crippen LogP contribution in [0.4, 0.5) is 24.5 Å². The number of benzene rings is 1. The Morgan fingerprint density at radius 3 is 2.46 bits per heavy atom. The number of aryl methyl sites for hydroxylation is 1. The first-order chi connectivity index (χ1) is 12.0. The topological polar surface area (TPSA) is 94.2 Å². The van der Waals surface area contributed by atoms with Gasteiger partial charge >= 0.3 is 6.18 Å². The van der Waals surface area contributed by atoms with E-state index in [1.807, 2.05) is 0 Å². The average molecular weight is 369 g/mol. The summed E-state index contributed by atoms with van der Waals surface area (Å²) in [5.74, 6) is -0.858. The van der Waals surface area contributed by atoms with Gasteiger partial charge in [-0.3, -0.25) is 19.7 Å². The Labute approximate surface area is 145 Å². The molecule has 0 fully saturated rings. The molecule has 0 bridgehead atoms. The molecule has 7 nitrogen and oxygen atoms in total. The van der Waals surface area contributed by atoms with Gasteiger partial charge in [-0.2, -0.15) is 13.2 Å². The lowest BCUT2D eigenvalue weighted by atomic mass is 10.1. The van der Waals surface area contributed by atoms with E-state index in [1.165, 1.54) is 12.1 Å². The molecule has 0 atom stereocenters. The smallest absolute Gasteiger partial charge is 0.319 e. The molecule has 2 rings (SSSR count). The standard InChI is InChI=1S/C16H14F3N3O4/c1-9-3-5-12(22(25)26)15(10(9)2)20-13(23)8-21-7-11(16(17,18)19)4-6-14(21)24/h3-7H,8H2,1-2H3,(H,20,23). The molecule has 1 aromatic heterocycles. The van der Waals surface area contributed by atoms with Gasteiger partial charge in [-0.25, -0.2) is 0 Å². The Morgan fingerprint density at radius 2 is 1.88 bits per heavy atom. The van der Waals surface area contributed by atoms with Crippen molar-refractivity contribution in [3.8, 4) is 0 Å². The van der Waals surface area contributed by atoms with Gasteiger partial charge in [-0.05, 0) is 31.0 Å². The first kappa shape index (κ1) is 19.2. The maximum absolute atomic E-state index is 12.7. The summed E-state index contributed by atoms with van der Waals surface area (Å²) in [6, 6.07) is 4.05. The van der Waals surface area contributed by atoms with Crippen LogP contribution < -0.4 is 10.9 Å². The van der Waals surface area contributed by atoms with Crippen LogP contribution in [-0.2, 0) is 17.5 Å². The van der Waals surface area contributed by atoms with Crippen LogP contribution in [0.5, 0.6) is 0 Å². The number of anilines is 1. The van der Waals surface area contributed by atoms with Crippen LogP contribution in [0, 0.1) is 24.0 Å². The highest BCUT2D eigenvalue weighted by atomic mass is 19.4. The minimum atomic E-state index is -4.67. The predicted molar refractivity (Wildman–Crippen MR) is 86.9 cm³/mol. The van der Waals surface area contributed by atoms with Gasteiger partial charge in [0, 0.05) is 18.3 Å². The van der Waals surface area contributed by atoms with Crippen molar-refractivity contribution in [3.05, 3.63) is 67.6 Å². The van der Waals surface area contributed by atoms with Gasteiger partial charge in [0.25, 0.3) is 11.2 Å². The van der Waals surface area contributed by atoms with E-state index in [4.69, 9.17) is 0 Å². The van der Waals surface area contributed by atoms with Crippen molar-refractivity contribution in [1.82, 2.24) is 4.57 Å². The van der Waals surface area contributed by atoms with E-state index in [-0.39, 0.29) is 11.4 Å². The van der Waals surface area contributed by atoms with E-state index in [0.29, 0.717) is 34.0 Å². The molecule has 1 aromatic carbocycles. The molecule has 0 saturated heterocycles. The zero-order valence-corrected chi connectivity index (χ0v) is 13.8. The highest BCUT2D eigenvalue weighted by Gasteiger charge is 2.31. The van der Waals surface area contributed by atoms with E-state index in [9.17, 15) is 32.9 Å². The molecule has 0 unspecified atom stereocenters. The van der Waals surface area contributed by atoms with Crippen molar-refractivity contribution in [2.45, 2.75) is 26.6 Å². The Balaban J connectivity index is 2.32. The SMILES string of the molecule is Cc1ccc([N+](=O)[O-])c(NC(=O)Cn2cc(C(F)(F)F)ccc2=O)c1C. The summed E-state index contributed by atoms with van der Waals surface area (Å²) in [6.45, 7) is 2.54. The minimum absolute atomic E-state index is 0.0555. The zero-order chi connectivity index (χ0) is 19.6. The number of halogens is 3. The van der Waals surface area contributed by atoms with Gasteiger partial charge in [0.1, 0.15) is 12.2 Å². The number of aromatic nitrogens is 1. The Hall–Kier alpha value is -3.17. The highest BCUT2D eigenvalue weighted by molar-refractivity contribution is 5.94. The number of hydrogen-bond donors (Lipinski definition) is 1. The Kier molecular flexibility index (Phi) is 5.15. The number of amides is 1. The summed E-state index contributed by atoms with van der Waals surface area (Å²) in [5.41, 5.74) is -1.16. The highest BCUT2D eigenvalue weighted by Crippen LogP contribution is 2.30. The summed E-state index contributed by atoms with van der Waals surface area (Å²) in [6.07, 6.45) is -4.14. The second kappa shape index (κ2) is 6.98. The molecule has 0 spiro atoms. The molecule has 10 heteroatoms. The normalized spacial score (nSPS) is 11.3. The van der Waals surface area contributed by atoms with Crippen molar-refractivity contribution in [2.24, 2.45) is 0 Å². The fourth-order valence-electron chi connectivity index (χ4n) is 2.27. The molecule has 1 amide bonds. The number of rotatable bonds is 4. The average Bonchev–Trinajstić information content (AvgIpc) is 2.52. The van der Waals surface area contributed by atoms with Gasteiger partial charge < -0.3 is 9.88 Å². The van der Waals surface area contributed by atoms with Gasteiger partial charge in [0.05, 0.1) is 10.5 Å². The lowest BCUT2D eigenvalue weighted by molar-refractivity contribution is -0.384. The molecule has 2 aromatic rings. The molecule has 0 aliphatic heterocycles. The molecule has 0 aliphatic carbocycles. The van der Waals surface area contributed by atoms with Gasteiger partial charge in [-0.1, -0.05) is 6.07 Å². The largest absolute Gasteiger partial charge is 0.417 e. The van der Waals surface area contributed by atoms with E-state index < -0.39 is 34.7 Å². The molecular weight excluding hydrogens is 355 g/mol. The monoisotopic (exact) mass is 369 g/mol. The van der Waals surface area contributed by atoms with Crippen LogP contribution in [0.1, 0.15) is 16.7 Å². The van der Waals surface area contributed by atoms with Gasteiger partial charge in [-0.15, -0.1) is 0 Å². The third kappa shape index (κ3) is 4.08. The van der Waals surface area contributed by atoms with Crippen LogP contribution in [-0.4, -0.2) is 15.4 Å². The Bertz CT molecular complexity index is 935. The number of nitrogens with one attached hydrogen (secondary N) is 1. The zero-order valence-electron chi connectivity index (χ0n) is 13.8. The summed E-state index contributed by atoms with van der Waals surface area (Å²) < 4.78 is 38.8. The summed E-state index contributed by atoms with van der Waals surface area (Å²) in [5, 5.41) is 13.4. The van der Waals surface area contributed by atoms with Crippen molar-refractivity contribution in [1.29, 1.82) is 0 Å². The maximum Gasteiger partial charge on any atom is 0.417 e. The second-order valence-corrected chi connectivity index (χ2v) is 5.59. The summed E-state index contributed by atoms with van der Waals surface area (Å²) >= 11 is 0. The third-order valence-electron chi connectivity index (χ3n) is 3.80. The first-order valence-corrected chi connectivity index (χ1v) is 7.33. The minimum Gasteiger partial charge on any atom is -0.319 e. The van der Waals surface area contributed by atoms with Gasteiger partial charge in [0.2, 0.25) is 5.91 Å². The van der Waals surface area contributed by atoms with Crippen LogP contribution >= 0.6 is 0 Å². The number of nitro benzene ring substituents is 1. The fraction of sp³-hybridized carbons (Fsp3) is 0.250. The molecule has 138 valence electrons.